The van der Waals surface area contributed by atoms with E-state index in [1.165, 1.54) is 12.1 Å². The molecule has 0 spiro atoms. The first kappa shape index (κ1) is 12.6. The van der Waals surface area contributed by atoms with Gasteiger partial charge in [-0.3, -0.25) is 4.79 Å². The molecule has 0 aliphatic rings. The molecule has 0 bridgehead atoms. The lowest BCUT2D eigenvalue weighted by atomic mass is 10.1. The lowest BCUT2D eigenvalue weighted by Crippen LogP contribution is -2.28. The molecule has 0 saturated heterocycles. The summed E-state index contributed by atoms with van der Waals surface area (Å²) < 4.78 is 12.9. The fourth-order valence-corrected chi connectivity index (χ4v) is 1.56. The van der Waals surface area contributed by atoms with Crippen LogP contribution in [-0.2, 0) is 11.3 Å². The molecule has 1 aromatic rings. The Hall–Kier alpha value is -1.42. The number of rotatable bonds is 5. The van der Waals surface area contributed by atoms with Gasteiger partial charge < -0.3 is 10.0 Å². The molecule has 0 fully saturated rings. The normalized spacial score (nSPS) is 12.8. The van der Waals surface area contributed by atoms with Gasteiger partial charge in [0.25, 0.3) is 0 Å². The highest BCUT2D eigenvalue weighted by molar-refractivity contribution is 5.69. The van der Waals surface area contributed by atoms with Crippen molar-refractivity contribution in [2.75, 3.05) is 13.6 Å². The van der Waals surface area contributed by atoms with Gasteiger partial charge in [-0.2, -0.15) is 0 Å². The van der Waals surface area contributed by atoms with E-state index in [0.717, 1.165) is 5.56 Å². The van der Waals surface area contributed by atoms with E-state index >= 15 is 0 Å². The Morgan fingerprint density at radius 2 is 2.25 bits per heavy atom. The lowest BCUT2D eigenvalue weighted by molar-refractivity contribution is -0.141. The summed E-state index contributed by atoms with van der Waals surface area (Å²) in [4.78, 5) is 12.5. The van der Waals surface area contributed by atoms with Crippen LogP contribution in [0.3, 0.4) is 0 Å². The van der Waals surface area contributed by atoms with Crippen molar-refractivity contribution in [3.05, 3.63) is 35.6 Å². The molecule has 0 aliphatic carbocycles. The van der Waals surface area contributed by atoms with E-state index in [4.69, 9.17) is 5.11 Å². The first-order valence-corrected chi connectivity index (χ1v) is 5.15. The first-order chi connectivity index (χ1) is 7.49. The van der Waals surface area contributed by atoms with Crippen LogP contribution in [0.1, 0.15) is 12.5 Å². The van der Waals surface area contributed by atoms with Crippen LogP contribution in [0.15, 0.2) is 24.3 Å². The number of halogens is 1. The lowest BCUT2D eigenvalue weighted by Gasteiger charge is -2.18. The van der Waals surface area contributed by atoms with E-state index in [1.54, 1.807) is 13.0 Å². The van der Waals surface area contributed by atoms with Gasteiger partial charge in [-0.15, -0.1) is 0 Å². The van der Waals surface area contributed by atoms with Crippen LogP contribution in [-0.4, -0.2) is 29.6 Å². The number of carboxylic acid groups (broad SMARTS) is 1. The van der Waals surface area contributed by atoms with E-state index < -0.39 is 11.9 Å². The molecule has 88 valence electrons. The Morgan fingerprint density at radius 3 is 2.81 bits per heavy atom. The molecule has 4 heteroatoms. The molecule has 1 aromatic carbocycles. The standard InChI is InChI=1S/C12H16FNO2/c1-9(12(15)16)7-14(2)8-10-4-3-5-11(13)6-10/h3-6,9H,7-8H2,1-2H3,(H,15,16). The summed E-state index contributed by atoms with van der Waals surface area (Å²) in [7, 11) is 1.82. The Morgan fingerprint density at radius 1 is 1.56 bits per heavy atom. The summed E-state index contributed by atoms with van der Waals surface area (Å²) in [6.07, 6.45) is 0. The maximum absolute atomic E-state index is 12.9. The van der Waals surface area contributed by atoms with Crippen LogP contribution in [0, 0.1) is 11.7 Å². The van der Waals surface area contributed by atoms with Gasteiger partial charge in [-0.25, -0.2) is 4.39 Å². The van der Waals surface area contributed by atoms with Crippen molar-refractivity contribution >= 4 is 5.97 Å². The molecule has 0 aromatic heterocycles. The number of hydrogen-bond donors (Lipinski definition) is 1. The van der Waals surface area contributed by atoms with Gasteiger partial charge in [0.05, 0.1) is 5.92 Å². The van der Waals surface area contributed by atoms with Crippen molar-refractivity contribution in [2.45, 2.75) is 13.5 Å². The minimum atomic E-state index is -0.814. The van der Waals surface area contributed by atoms with Gasteiger partial charge in [-0.1, -0.05) is 19.1 Å². The van der Waals surface area contributed by atoms with Crippen LogP contribution in [0.2, 0.25) is 0 Å². The van der Waals surface area contributed by atoms with Crippen LogP contribution in [0.5, 0.6) is 0 Å². The third-order valence-electron chi connectivity index (χ3n) is 2.35. The minimum Gasteiger partial charge on any atom is -0.481 e. The molecule has 0 amide bonds. The largest absolute Gasteiger partial charge is 0.481 e. The second-order valence-corrected chi connectivity index (χ2v) is 4.07. The van der Waals surface area contributed by atoms with Crippen molar-refractivity contribution in [1.82, 2.24) is 4.90 Å². The predicted molar refractivity (Wildman–Crippen MR) is 59.5 cm³/mol. The van der Waals surface area contributed by atoms with Crippen molar-refractivity contribution in [1.29, 1.82) is 0 Å². The summed E-state index contributed by atoms with van der Waals surface area (Å²) in [5.74, 6) is -1.50. The summed E-state index contributed by atoms with van der Waals surface area (Å²) in [6, 6.07) is 6.33. The van der Waals surface area contributed by atoms with Gasteiger partial charge in [0.1, 0.15) is 5.82 Å². The maximum atomic E-state index is 12.9. The fourth-order valence-electron chi connectivity index (χ4n) is 1.56. The van der Waals surface area contributed by atoms with Gasteiger partial charge in [-0.05, 0) is 24.7 Å². The summed E-state index contributed by atoms with van der Waals surface area (Å²) >= 11 is 0. The van der Waals surface area contributed by atoms with Gasteiger partial charge in [0, 0.05) is 13.1 Å². The van der Waals surface area contributed by atoms with Crippen LogP contribution < -0.4 is 0 Å². The van der Waals surface area contributed by atoms with E-state index in [9.17, 15) is 9.18 Å². The third-order valence-corrected chi connectivity index (χ3v) is 2.35. The number of aliphatic carboxylic acids is 1. The summed E-state index contributed by atoms with van der Waals surface area (Å²) in [5, 5.41) is 8.75. The smallest absolute Gasteiger partial charge is 0.307 e. The number of benzene rings is 1. The first-order valence-electron chi connectivity index (χ1n) is 5.15. The highest BCUT2D eigenvalue weighted by Gasteiger charge is 2.13. The molecule has 0 heterocycles. The molecule has 16 heavy (non-hydrogen) atoms. The summed E-state index contributed by atoms with van der Waals surface area (Å²) in [6.45, 7) is 2.66. The molecule has 1 unspecified atom stereocenters. The Bertz CT molecular complexity index is 368. The second kappa shape index (κ2) is 5.61. The quantitative estimate of drug-likeness (QED) is 0.833. The van der Waals surface area contributed by atoms with Crippen molar-refractivity contribution in [3.8, 4) is 0 Å². The molecule has 1 atom stereocenters. The summed E-state index contributed by atoms with van der Waals surface area (Å²) in [5.41, 5.74) is 0.847. The molecule has 0 radical (unpaired) electrons. The zero-order chi connectivity index (χ0) is 12.1. The van der Waals surface area contributed by atoms with E-state index in [0.29, 0.717) is 13.1 Å². The Labute approximate surface area is 94.5 Å². The number of nitrogens with zero attached hydrogens (tertiary/aromatic N) is 1. The predicted octanol–water partition coefficient (Wildman–Crippen LogP) is 1.98. The number of carbonyl (C=O) groups is 1. The van der Waals surface area contributed by atoms with Gasteiger partial charge >= 0.3 is 5.97 Å². The topological polar surface area (TPSA) is 40.5 Å². The molecular formula is C12H16FNO2. The van der Waals surface area contributed by atoms with Crippen molar-refractivity contribution in [3.63, 3.8) is 0 Å². The van der Waals surface area contributed by atoms with Crippen molar-refractivity contribution < 1.29 is 14.3 Å². The third kappa shape index (κ3) is 3.98. The molecule has 1 rings (SSSR count). The molecule has 0 aliphatic heterocycles. The maximum Gasteiger partial charge on any atom is 0.307 e. The average Bonchev–Trinajstić information content (AvgIpc) is 2.16. The Kier molecular flexibility index (Phi) is 4.43. The van der Waals surface area contributed by atoms with E-state index in [-0.39, 0.29) is 5.82 Å². The van der Waals surface area contributed by atoms with Crippen LogP contribution >= 0.6 is 0 Å². The van der Waals surface area contributed by atoms with Gasteiger partial charge in [0.2, 0.25) is 0 Å². The zero-order valence-corrected chi connectivity index (χ0v) is 9.48. The number of carboxylic acids is 1. The highest BCUT2D eigenvalue weighted by Crippen LogP contribution is 2.07. The average molecular weight is 225 g/mol. The van der Waals surface area contributed by atoms with Gasteiger partial charge in [0.15, 0.2) is 0 Å². The molecule has 3 nitrogen and oxygen atoms in total. The van der Waals surface area contributed by atoms with E-state index in [2.05, 4.69) is 0 Å². The number of hydrogen-bond acceptors (Lipinski definition) is 2. The Balaban J connectivity index is 2.51. The second-order valence-electron chi connectivity index (χ2n) is 4.07. The van der Waals surface area contributed by atoms with Crippen LogP contribution in [0.4, 0.5) is 4.39 Å². The zero-order valence-electron chi connectivity index (χ0n) is 9.48. The minimum absolute atomic E-state index is 0.266. The van der Waals surface area contributed by atoms with Crippen molar-refractivity contribution in [2.24, 2.45) is 5.92 Å². The SMILES string of the molecule is CC(CN(C)Cc1cccc(F)c1)C(=O)O. The highest BCUT2D eigenvalue weighted by atomic mass is 19.1. The molecule has 0 saturated carbocycles. The monoisotopic (exact) mass is 225 g/mol. The fraction of sp³-hybridized carbons (Fsp3) is 0.417. The molecular weight excluding hydrogens is 209 g/mol. The van der Waals surface area contributed by atoms with Crippen LogP contribution in [0.25, 0.3) is 0 Å². The van der Waals surface area contributed by atoms with E-state index in [1.807, 2.05) is 18.0 Å². The molecule has 1 N–H and O–H groups in total.